The van der Waals surface area contributed by atoms with Crippen LogP contribution in [-0.4, -0.2) is 17.1 Å². The van der Waals surface area contributed by atoms with Gasteiger partial charge in [0.25, 0.3) is 5.91 Å². The fourth-order valence-corrected chi connectivity index (χ4v) is 4.12. The topological polar surface area (TPSA) is 43.6 Å². The van der Waals surface area contributed by atoms with Gasteiger partial charge in [0, 0.05) is 13.0 Å². The van der Waals surface area contributed by atoms with Crippen molar-refractivity contribution in [2.45, 2.75) is 39.0 Å². The maximum atomic E-state index is 12.4. The Hall–Kier alpha value is -1.62. The molecule has 3 rings (SSSR count). The number of ether oxygens (including phenoxy) is 1. The number of nitrogens with zero attached hydrogens (tertiary/aromatic N) is 2. The Morgan fingerprint density at radius 1 is 1.36 bits per heavy atom. The smallest absolute Gasteiger partial charge is 0.251 e. The van der Waals surface area contributed by atoms with Crippen molar-refractivity contribution in [3.63, 3.8) is 0 Å². The van der Waals surface area contributed by atoms with Gasteiger partial charge in [-0.3, -0.25) is 4.79 Å². The maximum Gasteiger partial charge on any atom is 0.251 e. The van der Waals surface area contributed by atoms with Gasteiger partial charge >= 0.3 is 0 Å². The molecule has 0 atom stereocenters. The zero-order valence-electron chi connectivity index (χ0n) is 13.2. The van der Waals surface area contributed by atoms with E-state index in [1.54, 1.807) is 11.3 Å². The summed E-state index contributed by atoms with van der Waals surface area (Å²) in [7, 11) is 1.95. The lowest BCUT2D eigenvalue weighted by Gasteiger charge is -2.17. The van der Waals surface area contributed by atoms with Crippen molar-refractivity contribution in [1.29, 1.82) is 0 Å². The summed E-state index contributed by atoms with van der Waals surface area (Å²) in [6.45, 7) is 2.60. The molecule has 0 bridgehead atoms. The van der Waals surface area contributed by atoms with Gasteiger partial charge in [0.15, 0.2) is 4.80 Å². The van der Waals surface area contributed by atoms with Crippen molar-refractivity contribution in [2.24, 2.45) is 18.0 Å². The van der Waals surface area contributed by atoms with Gasteiger partial charge in [0.1, 0.15) is 11.3 Å². The number of rotatable bonds is 3. The predicted octanol–water partition coefficient (Wildman–Crippen LogP) is 3.65. The molecule has 1 saturated carbocycles. The van der Waals surface area contributed by atoms with Crippen LogP contribution in [0.3, 0.4) is 0 Å². The average molecular weight is 318 g/mol. The fraction of sp³-hybridized carbons (Fsp3) is 0.529. The van der Waals surface area contributed by atoms with Crippen LogP contribution in [0, 0.1) is 5.92 Å². The first kappa shape index (κ1) is 15.3. The van der Waals surface area contributed by atoms with Crippen LogP contribution >= 0.6 is 11.3 Å². The molecule has 0 saturated heterocycles. The molecule has 118 valence electrons. The number of fused-ring (bicyclic) bond motifs is 1. The second-order valence-corrected chi connectivity index (χ2v) is 6.77. The second kappa shape index (κ2) is 6.65. The number of thiazole rings is 1. The Morgan fingerprint density at radius 3 is 2.86 bits per heavy atom. The van der Waals surface area contributed by atoms with Gasteiger partial charge < -0.3 is 9.30 Å². The normalized spacial score (nSPS) is 17.1. The van der Waals surface area contributed by atoms with Gasteiger partial charge in [0.2, 0.25) is 0 Å². The lowest BCUT2D eigenvalue weighted by Crippen LogP contribution is -2.20. The van der Waals surface area contributed by atoms with Crippen LogP contribution < -0.4 is 9.54 Å². The van der Waals surface area contributed by atoms with E-state index in [1.165, 1.54) is 6.42 Å². The summed E-state index contributed by atoms with van der Waals surface area (Å²) < 4.78 is 8.77. The summed E-state index contributed by atoms with van der Waals surface area (Å²) in [5, 5.41) is 0. The molecule has 0 radical (unpaired) electrons. The quantitative estimate of drug-likeness (QED) is 0.867. The van der Waals surface area contributed by atoms with Crippen LogP contribution in [0.5, 0.6) is 5.75 Å². The molecule has 0 spiro atoms. The highest BCUT2D eigenvalue weighted by Crippen LogP contribution is 2.27. The molecule has 5 heteroatoms. The van der Waals surface area contributed by atoms with Crippen molar-refractivity contribution >= 4 is 27.5 Å². The van der Waals surface area contributed by atoms with Gasteiger partial charge in [-0.15, -0.1) is 0 Å². The number of carbonyl (C=O) groups is 1. The Morgan fingerprint density at radius 2 is 2.14 bits per heavy atom. The molecule has 2 aromatic rings. The van der Waals surface area contributed by atoms with Crippen LogP contribution in [0.2, 0.25) is 0 Å². The van der Waals surface area contributed by atoms with Crippen molar-refractivity contribution in [3.05, 3.63) is 23.0 Å². The number of amides is 1. The summed E-state index contributed by atoms with van der Waals surface area (Å²) in [5.74, 6) is 1.01. The van der Waals surface area contributed by atoms with E-state index in [2.05, 4.69) is 4.99 Å². The minimum absolute atomic E-state index is 0.0415. The van der Waals surface area contributed by atoms with Crippen LogP contribution in [0.1, 0.15) is 39.0 Å². The van der Waals surface area contributed by atoms with Crippen LogP contribution in [-0.2, 0) is 11.8 Å². The van der Waals surface area contributed by atoms with Gasteiger partial charge in [-0.05, 0) is 31.9 Å². The lowest BCUT2D eigenvalue weighted by atomic mass is 9.89. The van der Waals surface area contributed by atoms with Crippen LogP contribution in [0.4, 0.5) is 0 Å². The first-order valence-electron chi connectivity index (χ1n) is 8.00. The summed E-state index contributed by atoms with van der Waals surface area (Å²) in [4.78, 5) is 17.6. The average Bonchev–Trinajstić information content (AvgIpc) is 2.86. The minimum Gasteiger partial charge on any atom is -0.492 e. The number of hydrogen-bond donors (Lipinski definition) is 0. The third kappa shape index (κ3) is 2.95. The molecular weight excluding hydrogens is 296 g/mol. The fourth-order valence-electron chi connectivity index (χ4n) is 3.08. The van der Waals surface area contributed by atoms with Gasteiger partial charge in [-0.1, -0.05) is 36.7 Å². The highest BCUT2D eigenvalue weighted by molar-refractivity contribution is 7.16. The van der Waals surface area contributed by atoms with Crippen molar-refractivity contribution in [2.75, 3.05) is 6.61 Å². The third-order valence-electron chi connectivity index (χ3n) is 4.25. The number of aryl methyl sites for hydroxylation is 1. The van der Waals surface area contributed by atoms with E-state index < -0.39 is 0 Å². The van der Waals surface area contributed by atoms with Gasteiger partial charge in [-0.25, -0.2) is 0 Å². The number of aromatic nitrogens is 1. The van der Waals surface area contributed by atoms with Gasteiger partial charge in [0.05, 0.1) is 11.3 Å². The highest BCUT2D eigenvalue weighted by Gasteiger charge is 2.21. The predicted molar refractivity (Wildman–Crippen MR) is 89.1 cm³/mol. The van der Waals surface area contributed by atoms with E-state index in [4.69, 9.17) is 4.74 Å². The lowest BCUT2D eigenvalue weighted by molar-refractivity contribution is -0.122. The standard InChI is InChI=1S/C17H22N2O2S/c1-3-21-13-10-7-11-14-15(13)19(2)17(22-14)18-16(20)12-8-5-4-6-9-12/h7,10-12H,3-6,8-9H2,1-2H3. The van der Waals surface area contributed by atoms with E-state index in [0.29, 0.717) is 6.61 Å². The first-order valence-corrected chi connectivity index (χ1v) is 8.82. The molecule has 0 unspecified atom stereocenters. The first-order chi connectivity index (χ1) is 10.7. The molecule has 1 aromatic carbocycles. The largest absolute Gasteiger partial charge is 0.492 e. The maximum absolute atomic E-state index is 12.4. The summed E-state index contributed by atoms with van der Waals surface area (Å²) >= 11 is 1.55. The zero-order valence-corrected chi connectivity index (χ0v) is 14.0. The molecule has 4 nitrogen and oxygen atoms in total. The molecule has 1 aromatic heterocycles. The Labute approximate surface area is 134 Å². The molecule has 22 heavy (non-hydrogen) atoms. The van der Waals surface area contributed by atoms with Crippen molar-refractivity contribution in [1.82, 2.24) is 4.57 Å². The Bertz CT molecular complexity index is 739. The highest BCUT2D eigenvalue weighted by atomic mass is 32.1. The number of carbonyl (C=O) groups excluding carboxylic acids is 1. The van der Waals surface area contributed by atoms with Gasteiger partial charge in [-0.2, -0.15) is 4.99 Å². The Balaban J connectivity index is 2.00. The molecular formula is C17H22N2O2S. The molecule has 1 aliphatic rings. The molecule has 1 fully saturated rings. The number of para-hydroxylation sites is 1. The Kier molecular flexibility index (Phi) is 4.62. The van der Waals surface area contributed by atoms with E-state index >= 15 is 0 Å². The number of benzene rings is 1. The summed E-state index contributed by atoms with van der Waals surface area (Å²) in [6.07, 6.45) is 5.53. The van der Waals surface area contributed by atoms with E-state index in [1.807, 2.05) is 36.7 Å². The van der Waals surface area contributed by atoms with Crippen molar-refractivity contribution < 1.29 is 9.53 Å². The SMILES string of the molecule is CCOc1cccc2sc(=NC(=O)C3CCCCC3)n(C)c12. The molecule has 1 aliphatic carbocycles. The second-order valence-electron chi connectivity index (χ2n) is 5.76. The van der Waals surface area contributed by atoms with E-state index in [0.717, 1.165) is 46.5 Å². The molecule has 1 amide bonds. The molecule has 0 aliphatic heterocycles. The van der Waals surface area contributed by atoms with E-state index in [9.17, 15) is 4.79 Å². The van der Waals surface area contributed by atoms with Crippen molar-refractivity contribution in [3.8, 4) is 5.75 Å². The summed E-state index contributed by atoms with van der Waals surface area (Å²) in [6, 6.07) is 5.99. The molecule has 1 heterocycles. The van der Waals surface area contributed by atoms with Crippen LogP contribution in [0.15, 0.2) is 23.2 Å². The summed E-state index contributed by atoms with van der Waals surface area (Å²) in [5.41, 5.74) is 1.02. The monoisotopic (exact) mass is 318 g/mol. The zero-order chi connectivity index (χ0) is 15.5. The molecule has 0 N–H and O–H groups in total. The number of hydrogen-bond acceptors (Lipinski definition) is 3. The van der Waals surface area contributed by atoms with Crippen LogP contribution in [0.25, 0.3) is 10.2 Å². The van der Waals surface area contributed by atoms with E-state index in [-0.39, 0.29) is 11.8 Å². The third-order valence-corrected chi connectivity index (χ3v) is 5.34. The minimum atomic E-state index is 0.0415.